The Morgan fingerprint density at radius 2 is 2.06 bits per heavy atom. The SMILES string of the molecule is CCC(CC)(OC)C(Cc1cc(C)nn1C)NC. The van der Waals surface area contributed by atoms with Gasteiger partial charge in [-0.3, -0.25) is 4.68 Å². The Labute approximate surface area is 111 Å². The smallest absolute Gasteiger partial charge is 0.0829 e. The van der Waals surface area contributed by atoms with E-state index in [4.69, 9.17) is 4.74 Å². The van der Waals surface area contributed by atoms with Crippen LogP contribution < -0.4 is 5.32 Å². The lowest BCUT2D eigenvalue weighted by Crippen LogP contribution is -2.51. The molecule has 0 amide bonds. The van der Waals surface area contributed by atoms with Gasteiger partial charge in [-0.05, 0) is 32.9 Å². The highest BCUT2D eigenvalue weighted by atomic mass is 16.5. The van der Waals surface area contributed by atoms with E-state index in [0.29, 0.717) is 6.04 Å². The molecule has 0 aliphatic heterocycles. The molecule has 104 valence electrons. The third kappa shape index (κ3) is 2.93. The first kappa shape index (κ1) is 15.2. The van der Waals surface area contributed by atoms with E-state index < -0.39 is 0 Å². The van der Waals surface area contributed by atoms with Crippen LogP contribution in [0.2, 0.25) is 0 Å². The van der Waals surface area contributed by atoms with Crippen LogP contribution >= 0.6 is 0 Å². The Morgan fingerprint density at radius 1 is 1.44 bits per heavy atom. The monoisotopic (exact) mass is 253 g/mol. The summed E-state index contributed by atoms with van der Waals surface area (Å²) in [6.07, 6.45) is 2.94. The van der Waals surface area contributed by atoms with Crippen LogP contribution in [0, 0.1) is 6.92 Å². The molecule has 0 aliphatic rings. The van der Waals surface area contributed by atoms with Crippen LogP contribution in [0.25, 0.3) is 0 Å². The predicted molar refractivity (Wildman–Crippen MR) is 74.8 cm³/mol. The number of likely N-dealkylation sites (N-methyl/N-ethyl adjacent to an activating group) is 1. The normalized spacial score (nSPS) is 13.9. The lowest BCUT2D eigenvalue weighted by molar-refractivity contribution is -0.0458. The second kappa shape index (κ2) is 6.34. The fourth-order valence-electron chi connectivity index (χ4n) is 2.79. The van der Waals surface area contributed by atoms with Gasteiger partial charge >= 0.3 is 0 Å². The van der Waals surface area contributed by atoms with Gasteiger partial charge in [0.25, 0.3) is 0 Å². The molecule has 0 saturated carbocycles. The fourth-order valence-corrected chi connectivity index (χ4v) is 2.79. The molecule has 0 spiro atoms. The minimum Gasteiger partial charge on any atom is -0.377 e. The van der Waals surface area contributed by atoms with E-state index in [1.807, 2.05) is 32.8 Å². The van der Waals surface area contributed by atoms with Crippen molar-refractivity contribution in [3.05, 3.63) is 17.5 Å². The number of nitrogens with one attached hydrogen (secondary N) is 1. The second-order valence-electron chi connectivity index (χ2n) is 4.92. The van der Waals surface area contributed by atoms with Gasteiger partial charge in [-0.15, -0.1) is 0 Å². The minimum absolute atomic E-state index is 0.104. The third-order valence-electron chi connectivity index (χ3n) is 4.10. The molecule has 1 N–H and O–H groups in total. The zero-order valence-corrected chi connectivity index (χ0v) is 12.6. The van der Waals surface area contributed by atoms with Gasteiger partial charge in [0.05, 0.1) is 11.3 Å². The lowest BCUT2D eigenvalue weighted by Gasteiger charge is -2.38. The fraction of sp³-hybridized carbons (Fsp3) is 0.786. The number of rotatable bonds is 7. The van der Waals surface area contributed by atoms with Gasteiger partial charge in [0.15, 0.2) is 0 Å². The molecule has 1 aromatic rings. The summed E-state index contributed by atoms with van der Waals surface area (Å²) in [6.45, 7) is 6.40. The van der Waals surface area contributed by atoms with Crippen molar-refractivity contribution >= 4 is 0 Å². The summed E-state index contributed by atoms with van der Waals surface area (Å²) >= 11 is 0. The number of ether oxygens (including phenoxy) is 1. The maximum atomic E-state index is 5.82. The quantitative estimate of drug-likeness (QED) is 0.808. The number of aromatic nitrogens is 2. The van der Waals surface area contributed by atoms with Gasteiger partial charge in [0.1, 0.15) is 0 Å². The zero-order valence-electron chi connectivity index (χ0n) is 12.6. The molecule has 18 heavy (non-hydrogen) atoms. The molecular formula is C14H27N3O. The minimum atomic E-state index is -0.104. The van der Waals surface area contributed by atoms with Crippen molar-refractivity contribution in [1.82, 2.24) is 15.1 Å². The summed E-state index contributed by atoms with van der Waals surface area (Å²) in [5, 5.41) is 7.82. The zero-order chi connectivity index (χ0) is 13.8. The molecule has 0 aliphatic carbocycles. The summed E-state index contributed by atoms with van der Waals surface area (Å²) < 4.78 is 7.78. The first-order valence-corrected chi connectivity index (χ1v) is 6.74. The molecule has 1 heterocycles. The van der Waals surface area contributed by atoms with E-state index in [2.05, 4.69) is 30.3 Å². The van der Waals surface area contributed by atoms with Crippen LogP contribution in [0.3, 0.4) is 0 Å². The van der Waals surface area contributed by atoms with Gasteiger partial charge in [0, 0.05) is 32.3 Å². The van der Waals surface area contributed by atoms with E-state index in [1.165, 1.54) is 5.69 Å². The van der Waals surface area contributed by atoms with Crippen molar-refractivity contribution in [2.75, 3.05) is 14.2 Å². The number of hydrogen-bond donors (Lipinski definition) is 1. The molecule has 1 rings (SSSR count). The maximum absolute atomic E-state index is 5.82. The average molecular weight is 253 g/mol. The van der Waals surface area contributed by atoms with Crippen LogP contribution in [-0.2, 0) is 18.2 Å². The van der Waals surface area contributed by atoms with E-state index >= 15 is 0 Å². The molecule has 0 aromatic carbocycles. The Hall–Kier alpha value is -0.870. The highest BCUT2D eigenvalue weighted by Gasteiger charge is 2.35. The summed E-state index contributed by atoms with van der Waals surface area (Å²) in [7, 11) is 5.82. The standard InChI is InChI=1S/C14H27N3O/c1-7-14(8-2,18-6)13(15-4)10-12-9-11(3)16-17(12)5/h9,13,15H,7-8,10H2,1-6H3. The molecule has 0 saturated heterocycles. The van der Waals surface area contributed by atoms with E-state index in [-0.39, 0.29) is 5.60 Å². The first-order chi connectivity index (χ1) is 8.52. The molecule has 1 aromatic heterocycles. The van der Waals surface area contributed by atoms with E-state index in [9.17, 15) is 0 Å². The molecule has 1 atom stereocenters. The maximum Gasteiger partial charge on any atom is 0.0829 e. The van der Waals surface area contributed by atoms with Gasteiger partial charge in [-0.1, -0.05) is 13.8 Å². The number of aryl methyl sites for hydroxylation is 2. The topological polar surface area (TPSA) is 39.1 Å². The van der Waals surface area contributed by atoms with Gasteiger partial charge in [0.2, 0.25) is 0 Å². The van der Waals surface area contributed by atoms with Crippen LogP contribution in [0.5, 0.6) is 0 Å². The van der Waals surface area contributed by atoms with Crippen molar-refractivity contribution in [2.45, 2.75) is 51.7 Å². The van der Waals surface area contributed by atoms with Crippen molar-refractivity contribution in [2.24, 2.45) is 7.05 Å². The average Bonchev–Trinajstić information content (AvgIpc) is 2.69. The van der Waals surface area contributed by atoms with Gasteiger partial charge < -0.3 is 10.1 Å². The number of methoxy groups -OCH3 is 1. The van der Waals surface area contributed by atoms with Crippen molar-refractivity contribution in [1.29, 1.82) is 0 Å². The van der Waals surface area contributed by atoms with Crippen LogP contribution in [-0.4, -0.2) is 35.6 Å². The molecule has 0 radical (unpaired) electrons. The highest BCUT2D eigenvalue weighted by molar-refractivity contribution is 5.12. The third-order valence-corrected chi connectivity index (χ3v) is 4.10. The van der Waals surface area contributed by atoms with Crippen LogP contribution in [0.1, 0.15) is 38.1 Å². The van der Waals surface area contributed by atoms with Crippen molar-refractivity contribution < 1.29 is 4.74 Å². The summed E-state index contributed by atoms with van der Waals surface area (Å²) in [5.41, 5.74) is 2.21. The Balaban J connectivity index is 2.93. The molecule has 0 fully saturated rings. The first-order valence-electron chi connectivity index (χ1n) is 6.74. The Bertz CT molecular complexity index is 361. The molecule has 4 heteroatoms. The highest BCUT2D eigenvalue weighted by Crippen LogP contribution is 2.26. The predicted octanol–water partition coefficient (Wildman–Crippen LogP) is 2.06. The summed E-state index contributed by atoms with van der Waals surface area (Å²) in [4.78, 5) is 0. The summed E-state index contributed by atoms with van der Waals surface area (Å²) in [6, 6.07) is 2.45. The lowest BCUT2D eigenvalue weighted by atomic mass is 9.85. The molecule has 1 unspecified atom stereocenters. The number of hydrogen-bond acceptors (Lipinski definition) is 3. The van der Waals surface area contributed by atoms with E-state index in [0.717, 1.165) is 25.0 Å². The van der Waals surface area contributed by atoms with Crippen molar-refractivity contribution in [3.8, 4) is 0 Å². The Morgan fingerprint density at radius 3 is 2.39 bits per heavy atom. The van der Waals surface area contributed by atoms with Crippen LogP contribution in [0.4, 0.5) is 0 Å². The van der Waals surface area contributed by atoms with Crippen molar-refractivity contribution in [3.63, 3.8) is 0 Å². The molecule has 4 nitrogen and oxygen atoms in total. The number of nitrogens with zero attached hydrogens (tertiary/aromatic N) is 2. The van der Waals surface area contributed by atoms with Crippen LogP contribution in [0.15, 0.2) is 6.07 Å². The second-order valence-corrected chi connectivity index (χ2v) is 4.92. The largest absolute Gasteiger partial charge is 0.377 e. The molecular weight excluding hydrogens is 226 g/mol. The van der Waals surface area contributed by atoms with E-state index in [1.54, 1.807) is 0 Å². The van der Waals surface area contributed by atoms with Gasteiger partial charge in [-0.25, -0.2) is 0 Å². The Kier molecular flexibility index (Phi) is 5.35. The van der Waals surface area contributed by atoms with Gasteiger partial charge in [-0.2, -0.15) is 5.10 Å². The molecule has 0 bridgehead atoms. The summed E-state index contributed by atoms with van der Waals surface area (Å²) in [5.74, 6) is 0.